The third-order valence-corrected chi connectivity index (χ3v) is 3.80. The summed E-state index contributed by atoms with van der Waals surface area (Å²) in [6.45, 7) is 2.26. The van der Waals surface area contributed by atoms with Gasteiger partial charge in [-0.2, -0.15) is 0 Å². The molecule has 132 valence electrons. The van der Waals surface area contributed by atoms with Gasteiger partial charge in [0.05, 0.1) is 0 Å². The van der Waals surface area contributed by atoms with Crippen LogP contribution in [0.1, 0.15) is 35.7 Å². The van der Waals surface area contributed by atoms with Crippen molar-refractivity contribution in [2.24, 2.45) is 0 Å². The molecule has 0 bridgehead atoms. The number of benzene rings is 2. The van der Waals surface area contributed by atoms with Crippen LogP contribution in [0.15, 0.2) is 48.5 Å². The van der Waals surface area contributed by atoms with Crippen molar-refractivity contribution in [1.29, 1.82) is 0 Å². The first-order valence-corrected chi connectivity index (χ1v) is 8.39. The Morgan fingerprint density at radius 1 is 1.08 bits per heavy atom. The summed E-state index contributed by atoms with van der Waals surface area (Å²) >= 11 is 0. The van der Waals surface area contributed by atoms with Crippen molar-refractivity contribution in [3.05, 3.63) is 59.7 Å². The largest absolute Gasteiger partial charge is 0.508 e. The average molecular weight is 341 g/mol. The van der Waals surface area contributed by atoms with Gasteiger partial charge in [0.15, 0.2) is 12.4 Å². The van der Waals surface area contributed by atoms with Gasteiger partial charge in [-0.05, 0) is 48.7 Å². The van der Waals surface area contributed by atoms with E-state index in [0.29, 0.717) is 30.7 Å². The first-order valence-electron chi connectivity index (χ1n) is 8.39. The number of hydrogen-bond acceptors (Lipinski definition) is 4. The smallest absolute Gasteiger partial charge is 0.257 e. The molecule has 2 aromatic carbocycles. The molecule has 0 spiro atoms. The van der Waals surface area contributed by atoms with E-state index in [1.807, 2.05) is 19.1 Å². The molecule has 2 rings (SSSR count). The van der Waals surface area contributed by atoms with Gasteiger partial charge >= 0.3 is 0 Å². The third kappa shape index (κ3) is 5.95. The number of aryl methyl sites for hydroxylation is 1. The fourth-order valence-corrected chi connectivity index (χ4v) is 2.37. The number of ketones is 1. The second kappa shape index (κ2) is 9.47. The van der Waals surface area contributed by atoms with Gasteiger partial charge in [0.1, 0.15) is 11.5 Å². The van der Waals surface area contributed by atoms with E-state index in [9.17, 15) is 14.7 Å². The van der Waals surface area contributed by atoms with Gasteiger partial charge in [0.2, 0.25) is 0 Å². The van der Waals surface area contributed by atoms with Crippen molar-refractivity contribution in [3.8, 4) is 11.5 Å². The molecule has 5 nitrogen and oxygen atoms in total. The lowest BCUT2D eigenvalue weighted by molar-refractivity contribution is -0.123. The molecule has 2 aromatic rings. The topological polar surface area (TPSA) is 75.6 Å². The minimum atomic E-state index is -0.203. The number of phenols is 1. The van der Waals surface area contributed by atoms with E-state index in [0.717, 1.165) is 12.0 Å². The Morgan fingerprint density at radius 3 is 2.48 bits per heavy atom. The van der Waals surface area contributed by atoms with Crippen LogP contribution in [0.5, 0.6) is 11.5 Å². The number of carbonyl (C=O) groups excluding carboxylic acids is 2. The zero-order valence-corrected chi connectivity index (χ0v) is 14.3. The number of carbonyl (C=O) groups is 2. The average Bonchev–Trinajstić information content (AvgIpc) is 2.64. The molecule has 0 atom stereocenters. The molecular weight excluding hydrogens is 318 g/mol. The van der Waals surface area contributed by atoms with Crippen LogP contribution in [0.2, 0.25) is 0 Å². The third-order valence-electron chi connectivity index (χ3n) is 3.80. The molecule has 0 aliphatic rings. The number of phenolic OH excluding ortho intramolecular Hbond substituents is 1. The fourth-order valence-electron chi connectivity index (χ4n) is 2.37. The zero-order chi connectivity index (χ0) is 18.1. The molecule has 25 heavy (non-hydrogen) atoms. The predicted molar refractivity (Wildman–Crippen MR) is 96.0 cm³/mol. The minimum Gasteiger partial charge on any atom is -0.508 e. The van der Waals surface area contributed by atoms with Gasteiger partial charge in [-0.25, -0.2) is 0 Å². The highest BCUT2D eigenvalue weighted by Gasteiger charge is 2.05. The van der Waals surface area contributed by atoms with Crippen LogP contribution in [-0.4, -0.2) is 29.9 Å². The van der Waals surface area contributed by atoms with E-state index in [1.165, 1.54) is 0 Å². The van der Waals surface area contributed by atoms with Crippen LogP contribution in [0.4, 0.5) is 0 Å². The standard InChI is InChI=1S/C20H23NO4/c1-2-18(22)16-9-11-17(12-10-16)25-14-20(24)21-13-5-7-15-6-3-4-8-19(15)23/h3-4,6,8-12,23H,2,5,7,13-14H2,1H3,(H,21,24). The number of rotatable bonds is 9. The zero-order valence-electron chi connectivity index (χ0n) is 14.3. The fraction of sp³-hybridized carbons (Fsp3) is 0.300. The Labute approximate surface area is 147 Å². The lowest BCUT2D eigenvalue weighted by atomic mass is 10.1. The maximum Gasteiger partial charge on any atom is 0.257 e. The van der Waals surface area contributed by atoms with Crippen LogP contribution < -0.4 is 10.1 Å². The molecule has 0 heterocycles. The molecule has 0 aromatic heterocycles. The number of nitrogens with one attached hydrogen (secondary N) is 1. The molecule has 0 radical (unpaired) electrons. The lowest BCUT2D eigenvalue weighted by Gasteiger charge is -2.08. The summed E-state index contributed by atoms with van der Waals surface area (Å²) in [4.78, 5) is 23.3. The van der Waals surface area contributed by atoms with Crippen molar-refractivity contribution >= 4 is 11.7 Å². The van der Waals surface area contributed by atoms with Crippen LogP contribution in [0, 0.1) is 0 Å². The highest BCUT2D eigenvalue weighted by Crippen LogP contribution is 2.17. The van der Waals surface area contributed by atoms with Crippen molar-refractivity contribution in [3.63, 3.8) is 0 Å². The van der Waals surface area contributed by atoms with E-state index in [4.69, 9.17) is 4.74 Å². The van der Waals surface area contributed by atoms with Gasteiger partial charge in [0, 0.05) is 18.5 Å². The summed E-state index contributed by atoms with van der Waals surface area (Å²) < 4.78 is 5.41. The Morgan fingerprint density at radius 2 is 1.80 bits per heavy atom. The Hall–Kier alpha value is -2.82. The summed E-state index contributed by atoms with van der Waals surface area (Å²) in [6.07, 6.45) is 1.89. The molecule has 5 heteroatoms. The number of ether oxygens (including phenoxy) is 1. The Bertz CT molecular complexity index is 710. The van der Waals surface area contributed by atoms with Gasteiger partial charge in [-0.15, -0.1) is 0 Å². The Kier molecular flexibility index (Phi) is 7.01. The van der Waals surface area contributed by atoms with Gasteiger partial charge in [-0.1, -0.05) is 25.1 Å². The summed E-state index contributed by atoms with van der Waals surface area (Å²) in [5.41, 5.74) is 1.51. The first kappa shape index (κ1) is 18.5. The molecule has 1 amide bonds. The van der Waals surface area contributed by atoms with Gasteiger partial charge in [-0.3, -0.25) is 9.59 Å². The molecule has 0 saturated heterocycles. The van der Waals surface area contributed by atoms with Crippen molar-refractivity contribution in [2.75, 3.05) is 13.2 Å². The second-order valence-corrected chi connectivity index (χ2v) is 5.67. The van der Waals surface area contributed by atoms with E-state index in [-0.39, 0.29) is 24.0 Å². The van der Waals surface area contributed by atoms with Crippen LogP contribution in [0.25, 0.3) is 0 Å². The highest BCUT2D eigenvalue weighted by atomic mass is 16.5. The normalized spacial score (nSPS) is 10.3. The Balaban J connectivity index is 1.67. The van der Waals surface area contributed by atoms with Crippen molar-refractivity contribution < 1.29 is 19.4 Å². The van der Waals surface area contributed by atoms with Crippen molar-refractivity contribution in [2.45, 2.75) is 26.2 Å². The predicted octanol–water partition coefficient (Wildman–Crippen LogP) is 3.11. The SMILES string of the molecule is CCC(=O)c1ccc(OCC(=O)NCCCc2ccccc2O)cc1. The number of hydrogen-bond donors (Lipinski definition) is 2. The molecule has 2 N–H and O–H groups in total. The lowest BCUT2D eigenvalue weighted by Crippen LogP contribution is -2.29. The van der Waals surface area contributed by atoms with Gasteiger partial charge < -0.3 is 15.2 Å². The van der Waals surface area contributed by atoms with Gasteiger partial charge in [0.25, 0.3) is 5.91 Å². The summed E-state index contributed by atoms with van der Waals surface area (Å²) in [5, 5.41) is 12.5. The van der Waals surface area contributed by atoms with Crippen molar-refractivity contribution in [1.82, 2.24) is 5.32 Å². The van der Waals surface area contributed by atoms with E-state index >= 15 is 0 Å². The maximum atomic E-state index is 11.8. The quantitative estimate of drug-likeness (QED) is 0.543. The minimum absolute atomic E-state index is 0.0718. The molecule has 0 saturated carbocycles. The monoisotopic (exact) mass is 341 g/mol. The van der Waals surface area contributed by atoms with E-state index in [1.54, 1.807) is 36.4 Å². The molecule has 0 aliphatic carbocycles. The highest BCUT2D eigenvalue weighted by molar-refractivity contribution is 5.95. The number of Topliss-reactive ketones (excluding diaryl/α,β-unsaturated/α-hetero) is 1. The number of para-hydroxylation sites is 1. The molecule has 0 unspecified atom stereocenters. The summed E-state index contributed by atoms with van der Waals surface area (Å²) in [7, 11) is 0. The van der Waals surface area contributed by atoms with E-state index in [2.05, 4.69) is 5.32 Å². The molecule has 0 fully saturated rings. The van der Waals surface area contributed by atoms with Crippen LogP contribution in [0.3, 0.4) is 0 Å². The number of aromatic hydroxyl groups is 1. The summed E-state index contributed by atoms with van der Waals surface area (Å²) in [6, 6.07) is 14.0. The van der Waals surface area contributed by atoms with Crippen LogP contribution >= 0.6 is 0 Å². The molecular formula is C20H23NO4. The number of amides is 1. The van der Waals surface area contributed by atoms with Crippen LogP contribution in [-0.2, 0) is 11.2 Å². The maximum absolute atomic E-state index is 11.8. The summed E-state index contributed by atoms with van der Waals surface area (Å²) in [5.74, 6) is 0.707. The first-order chi connectivity index (χ1) is 12.1. The second-order valence-electron chi connectivity index (χ2n) is 5.67. The molecule has 0 aliphatic heterocycles. The van der Waals surface area contributed by atoms with E-state index < -0.39 is 0 Å².